The Morgan fingerprint density at radius 3 is 2.50 bits per heavy atom. The number of hydrogen-bond acceptors (Lipinski definition) is 3. The van der Waals surface area contributed by atoms with Crippen LogP contribution in [0.1, 0.15) is 31.7 Å². The van der Waals surface area contributed by atoms with Crippen molar-refractivity contribution in [3.05, 3.63) is 35.9 Å². The summed E-state index contributed by atoms with van der Waals surface area (Å²) in [6, 6.07) is 11.0. The summed E-state index contributed by atoms with van der Waals surface area (Å²) >= 11 is 0. The minimum Gasteiger partial charge on any atom is -0.297 e. The molecule has 1 atom stereocenters. The summed E-state index contributed by atoms with van der Waals surface area (Å²) in [6.45, 7) is 4.35. The van der Waals surface area contributed by atoms with Crippen LogP contribution in [-0.4, -0.2) is 55.1 Å². The lowest BCUT2D eigenvalue weighted by atomic mass is 10.0. The SMILES string of the molecule is CCCS(=O)(=O)N1CCN(C2CC2)CC1Cc1ccccc1. The Kier molecular flexibility index (Phi) is 4.85. The number of sulfonamides is 1. The average Bonchev–Trinajstić information content (AvgIpc) is 3.32. The van der Waals surface area contributed by atoms with Crippen LogP contribution in [-0.2, 0) is 16.4 Å². The molecule has 0 spiro atoms. The van der Waals surface area contributed by atoms with Crippen molar-refractivity contribution in [2.24, 2.45) is 0 Å². The van der Waals surface area contributed by atoms with Gasteiger partial charge in [-0.2, -0.15) is 4.31 Å². The molecule has 1 aliphatic carbocycles. The lowest BCUT2D eigenvalue weighted by Gasteiger charge is -2.41. The van der Waals surface area contributed by atoms with Gasteiger partial charge in [0, 0.05) is 31.7 Å². The van der Waals surface area contributed by atoms with E-state index in [1.165, 1.54) is 18.4 Å². The summed E-state index contributed by atoms with van der Waals surface area (Å²) in [4.78, 5) is 2.49. The third-order valence-corrected chi connectivity index (χ3v) is 6.78. The molecule has 22 heavy (non-hydrogen) atoms. The van der Waals surface area contributed by atoms with E-state index < -0.39 is 10.0 Å². The van der Waals surface area contributed by atoms with E-state index in [0.29, 0.717) is 19.0 Å². The van der Waals surface area contributed by atoms with Gasteiger partial charge in [0.15, 0.2) is 0 Å². The molecule has 1 saturated heterocycles. The molecule has 122 valence electrons. The second kappa shape index (κ2) is 6.69. The third-order valence-electron chi connectivity index (χ3n) is 4.66. The highest BCUT2D eigenvalue weighted by molar-refractivity contribution is 7.89. The highest BCUT2D eigenvalue weighted by Gasteiger charge is 2.39. The molecule has 1 saturated carbocycles. The second-order valence-electron chi connectivity index (χ2n) is 6.50. The number of nitrogens with zero attached hydrogens (tertiary/aromatic N) is 2. The van der Waals surface area contributed by atoms with Gasteiger partial charge in [0.2, 0.25) is 10.0 Å². The lowest BCUT2D eigenvalue weighted by molar-refractivity contribution is 0.128. The van der Waals surface area contributed by atoms with E-state index in [2.05, 4.69) is 17.0 Å². The van der Waals surface area contributed by atoms with Crippen LogP contribution in [0.4, 0.5) is 0 Å². The van der Waals surface area contributed by atoms with Gasteiger partial charge >= 0.3 is 0 Å². The molecular weight excluding hydrogens is 296 g/mol. The molecule has 1 aromatic rings. The molecule has 0 aromatic heterocycles. The summed E-state index contributed by atoms with van der Waals surface area (Å²) in [7, 11) is -3.12. The third kappa shape index (κ3) is 3.70. The number of hydrogen-bond donors (Lipinski definition) is 0. The molecule has 5 heteroatoms. The molecule has 1 heterocycles. The van der Waals surface area contributed by atoms with Gasteiger partial charge in [0.05, 0.1) is 5.75 Å². The molecule has 0 bridgehead atoms. The predicted molar refractivity (Wildman–Crippen MR) is 89.3 cm³/mol. The van der Waals surface area contributed by atoms with Crippen molar-refractivity contribution in [1.29, 1.82) is 0 Å². The Balaban J connectivity index is 1.77. The highest BCUT2D eigenvalue weighted by atomic mass is 32.2. The van der Waals surface area contributed by atoms with E-state index >= 15 is 0 Å². The molecule has 0 N–H and O–H groups in total. The van der Waals surface area contributed by atoms with Crippen molar-refractivity contribution in [2.45, 2.75) is 44.7 Å². The van der Waals surface area contributed by atoms with Gasteiger partial charge in [-0.1, -0.05) is 37.3 Å². The molecule has 2 fully saturated rings. The van der Waals surface area contributed by atoms with Crippen molar-refractivity contribution in [2.75, 3.05) is 25.4 Å². The lowest BCUT2D eigenvalue weighted by Crippen LogP contribution is -2.56. The zero-order valence-electron chi connectivity index (χ0n) is 13.3. The van der Waals surface area contributed by atoms with Crippen molar-refractivity contribution < 1.29 is 8.42 Å². The fraction of sp³-hybridized carbons (Fsp3) is 0.647. The van der Waals surface area contributed by atoms with E-state index in [4.69, 9.17) is 0 Å². The fourth-order valence-corrected chi connectivity index (χ4v) is 5.13. The molecule has 1 unspecified atom stereocenters. The monoisotopic (exact) mass is 322 g/mol. The van der Waals surface area contributed by atoms with Gasteiger partial charge in [0.1, 0.15) is 0 Å². The van der Waals surface area contributed by atoms with Crippen molar-refractivity contribution >= 4 is 10.0 Å². The fourth-order valence-electron chi connectivity index (χ4n) is 3.43. The van der Waals surface area contributed by atoms with Crippen LogP contribution in [0.2, 0.25) is 0 Å². The van der Waals surface area contributed by atoms with E-state index in [-0.39, 0.29) is 11.8 Å². The first kappa shape index (κ1) is 16.0. The summed E-state index contributed by atoms with van der Waals surface area (Å²) in [5.74, 6) is 0.266. The van der Waals surface area contributed by atoms with Gasteiger partial charge in [-0.05, 0) is 31.2 Å². The standard InChI is InChI=1S/C17H26N2O2S/c1-2-12-22(20,21)19-11-10-18(16-8-9-16)14-17(19)13-15-6-4-3-5-7-15/h3-7,16-17H,2,8-14H2,1H3. The smallest absolute Gasteiger partial charge is 0.214 e. The Labute approximate surface area is 134 Å². The first-order valence-electron chi connectivity index (χ1n) is 8.37. The van der Waals surface area contributed by atoms with Gasteiger partial charge in [-0.3, -0.25) is 4.90 Å². The van der Waals surface area contributed by atoms with Gasteiger partial charge in [0.25, 0.3) is 0 Å². The number of benzene rings is 1. The topological polar surface area (TPSA) is 40.6 Å². The Hall–Kier alpha value is -0.910. The van der Waals surface area contributed by atoms with E-state index in [1.807, 2.05) is 25.1 Å². The molecule has 0 radical (unpaired) electrons. The maximum atomic E-state index is 12.6. The largest absolute Gasteiger partial charge is 0.297 e. The Bertz CT molecular complexity index is 584. The van der Waals surface area contributed by atoms with E-state index in [1.54, 1.807) is 4.31 Å². The molecule has 1 aromatic carbocycles. The van der Waals surface area contributed by atoms with Crippen LogP contribution < -0.4 is 0 Å². The summed E-state index contributed by atoms with van der Waals surface area (Å²) in [5, 5.41) is 0. The molecule has 0 amide bonds. The van der Waals surface area contributed by atoms with Crippen molar-refractivity contribution in [1.82, 2.24) is 9.21 Å². The van der Waals surface area contributed by atoms with Gasteiger partial charge < -0.3 is 0 Å². The zero-order valence-corrected chi connectivity index (χ0v) is 14.1. The maximum Gasteiger partial charge on any atom is 0.214 e. The molecular formula is C17H26N2O2S. The quantitative estimate of drug-likeness (QED) is 0.805. The highest BCUT2D eigenvalue weighted by Crippen LogP contribution is 2.30. The van der Waals surface area contributed by atoms with Crippen LogP contribution in [0, 0.1) is 0 Å². The number of piperazine rings is 1. The first-order valence-corrected chi connectivity index (χ1v) is 9.98. The summed E-state index contributed by atoms with van der Waals surface area (Å²) in [6.07, 6.45) is 4.05. The molecule has 1 aliphatic heterocycles. The number of rotatable bonds is 6. The van der Waals surface area contributed by atoms with Crippen molar-refractivity contribution in [3.8, 4) is 0 Å². The average molecular weight is 322 g/mol. The zero-order chi connectivity index (χ0) is 15.6. The van der Waals surface area contributed by atoms with E-state index in [0.717, 1.165) is 19.5 Å². The second-order valence-corrected chi connectivity index (χ2v) is 8.54. The van der Waals surface area contributed by atoms with Crippen molar-refractivity contribution in [3.63, 3.8) is 0 Å². The Morgan fingerprint density at radius 1 is 1.14 bits per heavy atom. The molecule has 2 aliphatic rings. The normalized spacial score (nSPS) is 24.5. The van der Waals surface area contributed by atoms with Crippen LogP contribution in [0.5, 0.6) is 0 Å². The van der Waals surface area contributed by atoms with Crippen LogP contribution in [0.15, 0.2) is 30.3 Å². The van der Waals surface area contributed by atoms with E-state index in [9.17, 15) is 8.42 Å². The van der Waals surface area contributed by atoms with Gasteiger partial charge in [-0.15, -0.1) is 0 Å². The van der Waals surface area contributed by atoms with Crippen LogP contribution >= 0.6 is 0 Å². The first-order chi connectivity index (χ1) is 10.6. The van der Waals surface area contributed by atoms with Crippen LogP contribution in [0.25, 0.3) is 0 Å². The predicted octanol–water partition coefficient (Wildman–Crippen LogP) is 2.12. The summed E-state index contributed by atoms with van der Waals surface area (Å²) < 4.78 is 27.0. The van der Waals surface area contributed by atoms with Gasteiger partial charge in [-0.25, -0.2) is 8.42 Å². The molecule has 3 rings (SSSR count). The minimum absolute atomic E-state index is 0.0771. The maximum absolute atomic E-state index is 12.6. The summed E-state index contributed by atoms with van der Waals surface area (Å²) in [5.41, 5.74) is 1.22. The minimum atomic E-state index is -3.12. The Morgan fingerprint density at radius 2 is 1.86 bits per heavy atom. The molecule has 4 nitrogen and oxygen atoms in total. The van der Waals surface area contributed by atoms with Crippen LogP contribution in [0.3, 0.4) is 0 Å².